The average molecular weight is 441 g/mol. The molecule has 0 saturated heterocycles. The topological polar surface area (TPSA) is 66.5 Å². The van der Waals surface area contributed by atoms with Crippen molar-refractivity contribution in [2.45, 2.75) is 17.6 Å². The number of hydrogen-bond donors (Lipinski definition) is 1. The summed E-state index contributed by atoms with van der Waals surface area (Å²) >= 11 is 1.76. The van der Waals surface area contributed by atoms with Crippen molar-refractivity contribution in [3.05, 3.63) is 90.0 Å². The van der Waals surface area contributed by atoms with Gasteiger partial charge in [-0.3, -0.25) is 9.10 Å². The number of nitrogens with one attached hydrogen (secondary N) is 1. The van der Waals surface area contributed by atoms with Crippen LogP contribution in [0.2, 0.25) is 0 Å². The van der Waals surface area contributed by atoms with E-state index in [-0.39, 0.29) is 11.7 Å². The van der Waals surface area contributed by atoms with Crippen molar-refractivity contribution in [1.82, 2.24) is 0 Å². The van der Waals surface area contributed by atoms with Gasteiger partial charge in [0.2, 0.25) is 10.0 Å². The predicted octanol–water partition coefficient (Wildman–Crippen LogP) is 5.02. The van der Waals surface area contributed by atoms with Gasteiger partial charge in [-0.15, -0.1) is 11.8 Å². The highest BCUT2D eigenvalue weighted by molar-refractivity contribution is 7.98. The van der Waals surface area contributed by atoms with Crippen LogP contribution in [0.1, 0.15) is 22.8 Å². The maximum Gasteiger partial charge on any atom is 0.255 e. The average Bonchev–Trinajstić information content (AvgIpc) is 2.79. The molecule has 0 spiro atoms. The van der Waals surface area contributed by atoms with Crippen LogP contribution in [-0.4, -0.2) is 27.1 Å². The molecule has 156 valence electrons. The third kappa shape index (κ3) is 5.64. The van der Waals surface area contributed by atoms with E-state index in [1.165, 1.54) is 21.8 Å². The van der Waals surface area contributed by atoms with Gasteiger partial charge in [0, 0.05) is 28.9 Å². The van der Waals surface area contributed by atoms with Gasteiger partial charge in [0.05, 0.1) is 11.4 Å². The lowest BCUT2D eigenvalue weighted by atomic mass is 10.1. The largest absolute Gasteiger partial charge is 0.322 e. The maximum atomic E-state index is 12.5. The zero-order valence-electron chi connectivity index (χ0n) is 16.9. The summed E-state index contributed by atoms with van der Waals surface area (Å²) in [4.78, 5) is 13.7. The fourth-order valence-electron chi connectivity index (χ4n) is 2.75. The van der Waals surface area contributed by atoms with Crippen molar-refractivity contribution in [1.29, 1.82) is 0 Å². The van der Waals surface area contributed by atoms with Crippen molar-refractivity contribution < 1.29 is 13.2 Å². The number of rotatable bonds is 8. The van der Waals surface area contributed by atoms with E-state index in [9.17, 15) is 13.2 Å². The molecule has 0 aliphatic carbocycles. The number of nitrogens with zero attached hydrogens (tertiary/aromatic N) is 1. The van der Waals surface area contributed by atoms with Gasteiger partial charge in [-0.2, -0.15) is 0 Å². The van der Waals surface area contributed by atoms with Crippen molar-refractivity contribution in [2.75, 3.05) is 22.4 Å². The number of carbonyl (C=O) groups excluding carboxylic acids is 1. The summed E-state index contributed by atoms with van der Waals surface area (Å²) in [6.45, 7) is 1.60. The molecule has 0 heterocycles. The molecule has 0 aliphatic heterocycles. The van der Waals surface area contributed by atoms with E-state index < -0.39 is 10.0 Å². The van der Waals surface area contributed by atoms with Crippen LogP contribution in [0.15, 0.2) is 83.8 Å². The second-order valence-electron chi connectivity index (χ2n) is 6.67. The van der Waals surface area contributed by atoms with Gasteiger partial charge >= 0.3 is 0 Å². The highest BCUT2D eigenvalue weighted by Crippen LogP contribution is 2.23. The third-order valence-corrected chi connectivity index (χ3v) is 7.49. The lowest BCUT2D eigenvalue weighted by Crippen LogP contribution is -2.28. The molecule has 0 unspecified atom stereocenters. The van der Waals surface area contributed by atoms with Crippen LogP contribution in [0.25, 0.3) is 0 Å². The Bertz CT molecular complexity index is 1080. The van der Waals surface area contributed by atoms with Crippen LogP contribution in [0.3, 0.4) is 0 Å². The Hall–Kier alpha value is -2.77. The highest BCUT2D eigenvalue weighted by atomic mass is 32.2. The number of sulfonamides is 1. The Morgan fingerprint density at radius 3 is 2.17 bits per heavy atom. The molecule has 0 aromatic heterocycles. The van der Waals surface area contributed by atoms with Gasteiger partial charge in [-0.1, -0.05) is 30.3 Å². The molecule has 0 radical (unpaired) electrons. The molecule has 1 amide bonds. The van der Waals surface area contributed by atoms with E-state index in [1.807, 2.05) is 42.5 Å². The minimum Gasteiger partial charge on any atom is -0.322 e. The fraction of sp³-hybridized carbons (Fsp3) is 0.174. The maximum absolute atomic E-state index is 12.5. The second-order valence-corrected chi connectivity index (χ2v) is 10.0. The number of benzene rings is 3. The van der Waals surface area contributed by atoms with Crippen LogP contribution in [0.4, 0.5) is 11.4 Å². The van der Waals surface area contributed by atoms with E-state index >= 15 is 0 Å². The molecule has 0 fully saturated rings. The second kappa shape index (κ2) is 9.82. The molecule has 3 rings (SSSR count). The Kier molecular flexibility index (Phi) is 7.18. The van der Waals surface area contributed by atoms with Crippen LogP contribution in [0.5, 0.6) is 0 Å². The molecule has 7 heteroatoms. The number of amides is 1. The molecule has 30 heavy (non-hydrogen) atoms. The first-order valence-corrected chi connectivity index (χ1v) is 12.1. The lowest BCUT2D eigenvalue weighted by molar-refractivity contribution is 0.102. The van der Waals surface area contributed by atoms with Crippen molar-refractivity contribution >= 4 is 39.1 Å². The van der Waals surface area contributed by atoms with Crippen molar-refractivity contribution in [3.63, 3.8) is 0 Å². The zero-order valence-corrected chi connectivity index (χ0v) is 18.5. The first-order chi connectivity index (χ1) is 14.4. The number of anilines is 2. The molecule has 5 nitrogen and oxygen atoms in total. The quantitative estimate of drug-likeness (QED) is 0.500. The Labute approximate surface area is 182 Å². The SMILES string of the molecule is CCS(=O)(=O)N(C)c1ccc(C(=O)Nc2ccc(CSc3ccccc3)cc2)cc1. The minimum atomic E-state index is -3.33. The molecule has 0 saturated carbocycles. The highest BCUT2D eigenvalue weighted by Gasteiger charge is 2.16. The van der Waals surface area contributed by atoms with Gasteiger partial charge in [-0.05, 0) is 61.0 Å². The molecule has 0 atom stereocenters. The summed E-state index contributed by atoms with van der Waals surface area (Å²) in [5.74, 6) is 0.633. The van der Waals surface area contributed by atoms with Crippen molar-refractivity contribution in [2.24, 2.45) is 0 Å². The van der Waals surface area contributed by atoms with Crippen molar-refractivity contribution in [3.8, 4) is 0 Å². The van der Waals surface area contributed by atoms with E-state index in [0.717, 1.165) is 5.75 Å². The van der Waals surface area contributed by atoms with Crippen LogP contribution >= 0.6 is 11.8 Å². The number of thioether (sulfide) groups is 1. The van der Waals surface area contributed by atoms with E-state index in [0.29, 0.717) is 16.9 Å². The molecule has 0 aliphatic rings. The summed E-state index contributed by atoms with van der Waals surface area (Å²) in [5, 5.41) is 2.87. The Morgan fingerprint density at radius 2 is 1.57 bits per heavy atom. The molecular formula is C23H24N2O3S2. The molecule has 1 N–H and O–H groups in total. The minimum absolute atomic E-state index is 0.0194. The summed E-state index contributed by atoms with van der Waals surface area (Å²) < 4.78 is 25.1. The van der Waals surface area contributed by atoms with Gasteiger partial charge in [0.1, 0.15) is 0 Å². The first-order valence-electron chi connectivity index (χ1n) is 9.54. The smallest absolute Gasteiger partial charge is 0.255 e. The third-order valence-electron chi connectivity index (χ3n) is 4.64. The van der Waals surface area contributed by atoms with Gasteiger partial charge in [-0.25, -0.2) is 8.42 Å². The van der Waals surface area contributed by atoms with Gasteiger partial charge in [0.15, 0.2) is 0 Å². The monoisotopic (exact) mass is 440 g/mol. The molecule has 3 aromatic carbocycles. The summed E-state index contributed by atoms with van der Waals surface area (Å²) in [5.41, 5.74) is 2.87. The van der Waals surface area contributed by atoms with Crippen LogP contribution < -0.4 is 9.62 Å². The molecular weight excluding hydrogens is 416 g/mol. The van der Waals surface area contributed by atoms with Gasteiger partial charge in [0.25, 0.3) is 5.91 Å². The molecule has 0 bridgehead atoms. The Balaban J connectivity index is 1.59. The summed E-state index contributed by atoms with van der Waals surface area (Å²) in [7, 11) is -1.82. The summed E-state index contributed by atoms with van der Waals surface area (Å²) in [6.07, 6.45) is 0. The zero-order chi connectivity index (χ0) is 21.6. The van der Waals surface area contributed by atoms with E-state index in [4.69, 9.17) is 0 Å². The molecule has 3 aromatic rings. The fourth-order valence-corrected chi connectivity index (χ4v) is 4.45. The van der Waals surface area contributed by atoms with Crippen LogP contribution in [-0.2, 0) is 15.8 Å². The Morgan fingerprint density at radius 1 is 0.933 bits per heavy atom. The lowest BCUT2D eigenvalue weighted by Gasteiger charge is -2.18. The van der Waals surface area contributed by atoms with Gasteiger partial charge < -0.3 is 5.32 Å². The normalized spacial score (nSPS) is 11.1. The number of carbonyl (C=O) groups is 1. The van der Waals surface area contributed by atoms with E-state index in [2.05, 4.69) is 17.4 Å². The standard InChI is InChI=1S/C23H24N2O3S2/c1-3-30(27,28)25(2)21-15-11-19(12-16-21)23(26)24-20-13-9-18(10-14-20)17-29-22-7-5-4-6-8-22/h4-16H,3,17H2,1-2H3,(H,24,26). The predicted molar refractivity (Wildman–Crippen MR) is 125 cm³/mol. The first kappa shape index (κ1) is 21.9. The summed E-state index contributed by atoms with van der Waals surface area (Å²) in [6, 6.07) is 24.5. The van der Waals surface area contributed by atoms with E-state index in [1.54, 1.807) is 43.0 Å². The van der Waals surface area contributed by atoms with Crippen LogP contribution in [0, 0.1) is 0 Å². The number of hydrogen-bond acceptors (Lipinski definition) is 4.